The minimum absolute atomic E-state index is 0.271. The summed E-state index contributed by atoms with van der Waals surface area (Å²) in [6.45, 7) is 1.95. The molecule has 0 spiro atoms. The molecule has 5 heteroatoms. The SMILES string of the molecule is Cc1cc(Br)cc(Br)c1NC(=O)Nc1cccc2ccccc12. The highest BCUT2D eigenvalue weighted by Crippen LogP contribution is 2.30. The van der Waals surface area contributed by atoms with Crippen molar-refractivity contribution in [3.8, 4) is 0 Å². The van der Waals surface area contributed by atoms with Crippen LogP contribution in [0.3, 0.4) is 0 Å². The van der Waals surface area contributed by atoms with Gasteiger partial charge in [-0.05, 0) is 52.0 Å². The standard InChI is InChI=1S/C18H14Br2N2O/c1-11-9-13(19)10-15(20)17(11)22-18(23)21-16-8-4-6-12-5-2-3-7-14(12)16/h2-10H,1H3,(H2,21,22,23). The molecule has 0 fully saturated rings. The monoisotopic (exact) mass is 432 g/mol. The van der Waals surface area contributed by atoms with Gasteiger partial charge in [0.25, 0.3) is 0 Å². The van der Waals surface area contributed by atoms with Crippen LogP contribution in [0.2, 0.25) is 0 Å². The number of hydrogen-bond acceptors (Lipinski definition) is 1. The summed E-state index contributed by atoms with van der Waals surface area (Å²) in [4.78, 5) is 12.4. The normalized spacial score (nSPS) is 10.6. The highest BCUT2D eigenvalue weighted by Gasteiger charge is 2.10. The Morgan fingerprint density at radius 3 is 2.48 bits per heavy atom. The first-order chi connectivity index (χ1) is 11.0. The van der Waals surface area contributed by atoms with E-state index in [9.17, 15) is 4.79 Å². The van der Waals surface area contributed by atoms with Crippen LogP contribution in [-0.2, 0) is 0 Å². The van der Waals surface area contributed by atoms with Crippen molar-refractivity contribution in [1.29, 1.82) is 0 Å². The number of rotatable bonds is 2. The van der Waals surface area contributed by atoms with Crippen LogP contribution in [0.15, 0.2) is 63.5 Å². The second-order valence-electron chi connectivity index (χ2n) is 5.19. The van der Waals surface area contributed by atoms with Gasteiger partial charge in [-0.3, -0.25) is 0 Å². The second kappa shape index (κ2) is 6.72. The third-order valence-corrected chi connectivity index (χ3v) is 4.61. The summed E-state index contributed by atoms with van der Waals surface area (Å²) in [6.07, 6.45) is 0. The van der Waals surface area contributed by atoms with E-state index in [1.54, 1.807) is 0 Å². The number of carbonyl (C=O) groups is 1. The van der Waals surface area contributed by atoms with Gasteiger partial charge in [-0.2, -0.15) is 0 Å². The molecule has 0 saturated carbocycles. The molecule has 116 valence electrons. The minimum Gasteiger partial charge on any atom is -0.307 e. The van der Waals surface area contributed by atoms with Crippen molar-refractivity contribution in [2.45, 2.75) is 6.92 Å². The lowest BCUT2D eigenvalue weighted by Crippen LogP contribution is -2.20. The molecule has 3 aromatic carbocycles. The zero-order valence-electron chi connectivity index (χ0n) is 12.4. The molecule has 0 atom stereocenters. The molecule has 0 unspecified atom stereocenters. The van der Waals surface area contributed by atoms with Gasteiger partial charge in [0.2, 0.25) is 0 Å². The molecule has 0 heterocycles. The zero-order valence-corrected chi connectivity index (χ0v) is 15.5. The van der Waals surface area contributed by atoms with E-state index in [4.69, 9.17) is 0 Å². The average molecular weight is 434 g/mol. The first kappa shape index (κ1) is 16.0. The Balaban J connectivity index is 1.85. The molecule has 0 saturated heterocycles. The van der Waals surface area contributed by atoms with Gasteiger partial charge in [0.05, 0.1) is 11.4 Å². The number of anilines is 2. The van der Waals surface area contributed by atoms with E-state index >= 15 is 0 Å². The fourth-order valence-electron chi connectivity index (χ4n) is 2.46. The van der Waals surface area contributed by atoms with E-state index < -0.39 is 0 Å². The Bertz CT molecular complexity index is 865. The maximum Gasteiger partial charge on any atom is 0.323 e. The summed E-state index contributed by atoms with van der Waals surface area (Å²) in [5.41, 5.74) is 2.51. The number of urea groups is 1. The molecular formula is C18H14Br2N2O. The molecule has 0 bridgehead atoms. The average Bonchev–Trinajstić information content (AvgIpc) is 2.51. The first-order valence-electron chi connectivity index (χ1n) is 7.06. The van der Waals surface area contributed by atoms with Crippen LogP contribution in [0.1, 0.15) is 5.56 Å². The lowest BCUT2D eigenvalue weighted by molar-refractivity contribution is 0.262. The maximum atomic E-state index is 12.4. The van der Waals surface area contributed by atoms with Crippen molar-refractivity contribution in [2.24, 2.45) is 0 Å². The highest BCUT2D eigenvalue weighted by molar-refractivity contribution is 9.11. The summed E-state index contributed by atoms with van der Waals surface area (Å²) < 4.78 is 1.79. The fraction of sp³-hybridized carbons (Fsp3) is 0.0556. The quantitative estimate of drug-likeness (QED) is 0.487. The Kier molecular flexibility index (Phi) is 4.68. The number of nitrogens with one attached hydrogen (secondary N) is 2. The van der Waals surface area contributed by atoms with Crippen molar-refractivity contribution < 1.29 is 4.79 Å². The van der Waals surface area contributed by atoms with Crippen LogP contribution in [-0.4, -0.2) is 6.03 Å². The lowest BCUT2D eigenvalue weighted by Gasteiger charge is -2.13. The molecule has 2 amide bonds. The van der Waals surface area contributed by atoms with Gasteiger partial charge >= 0.3 is 6.03 Å². The van der Waals surface area contributed by atoms with Gasteiger partial charge in [0, 0.05) is 14.3 Å². The number of benzene rings is 3. The third-order valence-electron chi connectivity index (χ3n) is 3.53. The van der Waals surface area contributed by atoms with E-state index in [-0.39, 0.29) is 6.03 Å². The van der Waals surface area contributed by atoms with Gasteiger partial charge in [0.15, 0.2) is 0 Å². The number of halogens is 2. The van der Waals surface area contributed by atoms with E-state index in [0.29, 0.717) is 0 Å². The minimum atomic E-state index is -0.271. The van der Waals surface area contributed by atoms with Crippen LogP contribution >= 0.6 is 31.9 Å². The molecule has 0 aliphatic carbocycles. The van der Waals surface area contributed by atoms with E-state index in [1.807, 2.05) is 61.5 Å². The van der Waals surface area contributed by atoms with Crippen molar-refractivity contribution >= 4 is 60.0 Å². The summed E-state index contributed by atoms with van der Waals surface area (Å²) >= 11 is 6.92. The largest absolute Gasteiger partial charge is 0.323 e. The Hall–Kier alpha value is -1.85. The summed E-state index contributed by atoms with van der Waals surface area (Å²) in [5.74, 6) is 0. The molecular weight excluding hydrogens is 420 g/mol. The van der Waals surface area contributed by atoms with Crippen LogP contribution in [0.25, 0.3) is 10.8 Å². The molecule has 0 aliphatic heterocycles. The van der Waals surface area contributed by atoms with Gasteiger partial charge in [-0.15, -0.1) is 0 Å². The van der Waals surface area contributed by atoms with Crippen LogP contribution in [0, 0.1) is 6.92 Å². The smallest absolute Gasteiger partial charge is 0.307 e. The van der Waals surface area contributed by atoms with Gasteiger partial charge in [-0.25, -0.2) is 4.79 Å². The Labute approximate surface area is 151 Å². The van der Waals surface area contributed by atoms with Crippen LogP contribution < -0.4 is 10.6 Å². The number of aryl methyl sites for hydroxylation is 1. The molecule has 3 nitrogen and oxygen atoms in total. The van der Waals surface area contributed by atoms with Gasteiger partial charge in [0.1, 0.15) is 0 Å². The Morgan fingerprint density at radius 1 is 0.957 bits per heavy atom. The molecule has 0 radical (unpaired) electrons. The van der Waals surface area contributed by atoms with Crippen molar-refractivity contribution in [1.82, 2.24) is 0 Å². The van der Waals surface area contributed by atoms with Crippen LogP contribution in [0.5, 0.6) is 0 Å². The molecule has 3 rings (SSSR count). The third kappa shape index (κ3) is 3.57. The van der Waals surface area contributed by atoms with E-state index in [0.717, 1.165) is 36.7 Å². The van der Waals surface area contributed by atoms with Gasteiger partial charge < -0.3 is 10.6 Å². The summed E-state index contributed by atoms with van der Waals surface area (Å²) in [7, 11) is 0. The summed E-state index contributed by atoms with van der Waals surface area (Å²) in [5, 5.41) is 7.92. The topological polar surface area (TPSA) is 41.1 Å². The summed E-state index contributed by atoms with van der Waals surface area (Å²) in [6, 6.07) is 17.4. The number of amides is 2. The molecule has 0 aliphatic rings. The molecule has 3 aromatic rings. The fourth-order valence-corrected chi connectivity index (χ4v) is 4.00. The van der Waals surface area contributed by atoms with Crippen LogP contribution in [0.4, 0.5) is 16.2 Å². The predicted molar refractivity (Wildman–Crippen MR) is 103 cm³/mol. The van der Waals surface area contributed by atoms with Crippen molar-refractivity contribution in [3.63, 3.8) is 0 Å². The predicted octanol–water partition coefficient (Wildman–Crippen LogP) is 6.32. The number of hydrogen-bond donors (Lipinski definition) is 2. The first-order valence-corrected chi connectivity index (χ1v) is 8.64. The number of carbonyl (C=O) groups excluding carboxylic acids is 1. The van der Waals surface area contributed by atoms with Gasteiger partial charge in [-0.1, -0.05) is 52.3 Å². The van der Waals surface area contributed by atoms with E-state index in [1.165, 1.54) is 0 Å². The molecule has 2 N–H and O–H groups in total. The highest BCUT2D eigenvalue weighted by atomic mass is 79.9. The number of fused-ring (bicyclic) bond motifs is 1. The molecule has 23 heavy (non-hydrogen) atoms. The lowest BCUT2D eigenvalue weighted by atomic mass is 10.1. The second-order valence-corrected chi connectivity index (χ2v) is 6.96. The van der Waals surface area contributed by atoms with Crippen molar-refractivity contribution in [3.05, 3.63) is 69.1 Å². The Morgan fingerprint density at radius 2 is 1.70 bits per heavy atom. The van der Waals surface area contributed by atoms with E-state index in [2.05, 4.69) is 42.5 Å². The zero-order chi connectivity index (χ0) is 16.4. The van der Waals surface area contributed by atoms with Crippen molar-refractivity contribution in [2.75, 3.05) is 10.6 Å². The maximum absolute atomic E-state index is 12.4. The molecule has 0 aromatic heterocycles.